The van der Waals surface area contributed by atoms with E-state index in [0.717, 1.165) is 12.4 Å². The Hall–Kier alpha value is -2.25. The van der Waals surface area contributed by atoms with Crippen LogP contribution in [0.4, 0.5) is 11.6 Å². The average Bonchev–Trinajstić information content (AvgIpc) is 2.26. The van der Waals surface area contributed by atoms with Gasteiger partial charge in [0.2, 0.25) is 5.95 Å². The lowest BCUT2D eigenvalue weighted by atomic mass is 10.5. The van der Waals surface area contributed by atoms with Crippen LogP contribution in [-0.2, 0) is 9.53 Å². The minimum atomic E-state index is -0.607. The third-order valence-corrected chi connectivity index (χ3v) is 1.47. The van der Waals surface area contributed by atoms with E-state index in [1.54, 1.807) is 0 Å². The van der Waals surface area contributed by atoms with Crippen LogP contribution < -0.4 is 5.32 Å². The predicted octanol–water partition coefficient (Wildman–Crippen LogP) is -0.0303. The first-order valence-electron chi connectivity index (χ1n) is 3.90. The van der Waals surface area contributed by atoms with Crippen molar-refractivity contribution in [3.8, 4) is 0 Å². The second-order valence-electron chi connectivity index (χ2n) is 2.45. The molecule has 8 nitrogen and oxygen atoms in total. The Morgan fingerprint density at radius 2 is 2.20 bits per heavy atom. The molecule has 80 valence electrons. The molecule has 0 atom stereocenters. The molecule has 0 fully saturated rings. The number of carbonyl (C=O) groups is 1. The van der Waals surface area contributed by atoms with E-state index < -0.39 is 10.9 Å². The van der Waals surface area contributed by atoms with Crippen molar-refractivity contribution in [2.45, 2.75) is 0 Å². The molecule has 1 heterocycles. The Morgan fingerprint density at radius 3 is 2.67 bits per heavy atom. The Balaban J connectivity index is 2.57. The Labute approximate surface area is 84.4 Å². The highest BCUT2D eigenvalue weighted by molar-refractivity contribution is 5.73. The van der Waals surface area contributed by atoms with Crippen LogP contribution in [0.3, 0.4) is 0 Å². The third-order valence-electron chi connectivity index (χ3n) is 1.47. The molecule has 8 heteroatoms. The van der Waals surface area contributed by atoms with Crippen LogP contribution in [0.2, 0.25) is 0 Å². The number of methoxy groups -OCH3 is 1. The van der Waals surface area contributed by atoms with Crippen LogP contribution in [0.25, 0.3) is 0 Å². The van der Waals surface area contributed by atoms with E-state index in [1.165, 1.54) is 7.11 Å². The molecule has 1 aromatic heterocycles. The summed E-state index contributed by atoms with van der Waals surface area (Å²) in [5.74, 6) is -0.344. The first kappa shape index (κ1) is 10.8. The lowest BCUT2D eigenvalue weighted by molar-refractivity contribution is -0.385. The highest BCUT2D eigenvalue weighted by Crippen LogP contribution is 2.07. The van der Waals surface area contributed by atoms with E-state index in [2.05, 4.69) is 20.0 Å². The number of aromatic nitrogens is 2. The van der Waals surface area contributed by atoms with Crippen molar-refractivity contribution < 1.29 is 14.5 Å². The maximum absolute atomic E-state index is 10.7. The number of hydrogen-bond donors (Lipinski definition) is 1. The molecule has 0 aromatic carbocycles. The molecule has 0 saturated carbocycles. The van der Waals surface area contributed by atoms with E-state index in [9.17, 15) is 14.9 Å². The summed E-state index contributed by atoms with van der Waals surface area (Å²) in [6.07, 6.45) is 2.10. The van der Waals surface area contributed by atoms with Gasteiger partial charge >= 0.3 is 11.7 Å². The zero-order chi connectivity index (χ0) is 11.3. The van der Waals surface area contributed by atoms with Crippen LogP contribution in [-0.4, -0.2) is 34.5 Å². The molecule has 1 N–H and O–H groups in total. The summed E-state index contributed by atoms with van der Waals surface area (Å²) in [6.45, 7) is -0.0890. The van der Waals surface area contributed by atoms with Gasteiger partial charge in [0.05, 0.1) is 12.0 Å². The summed E-state index contributed by atoms with van der Waals surface area (Å²) in [5, 5.41) is 12.8. The Morgan fingerprint density at radius 1 is 1.60 bits per heavy atom. The normalized spacial score (nSPS) is 9.40. The Kier molecular flexibility index (Phi) is 3.49. The summed E-state index contributed by atoms with van der Waals surface area (Å²) in [7, 11) is 1.25. The predicted molar refractivity (Wildman–Crippen MR) is 49.2 cm³/mol. The van der Waals surface area contributed by atoms with Crippen molar-refractivity contribution in [1.29, 1.82) is 0 Å². The highest BCUT2D eigenvalue weighted by atomic mass is 16.6. The van der Waals surface area contributed by atoms with E-state index in [-0.39, 0.29) is 18.2 Å². The fraction of sp³-hybridized carbons (Fsp3) is 0.286. The second-order valence-corrected chi connectivity index (χ2v) is 2.45. The number of nitrogens with zero attached hydrogens (tertiary/aromatic N) is 3. The summed E-state index contributed by atoms with van der Waals surface area (Å²) < 4.78 is 4.37. The fourth-order valence-corrected chi connectivity index (χ4v) is 0.730. The SMILES string of the molecule is COC(=O)CNc1ncc([N+](=O)[O-])cn1. The number of nitro groups is 1. The van der Waals surface area contributed by atoms with E-state index in [0.29, 0.717) is 0 Å². The zero-order valence-corrected chi connectivity index (χ0v) is 7.84. The van der Waals surface area contributed by atoms with Crippen molar-refractivity contribution in [2.24, 2.45) is 0 Å². The molecule has 0 aliphatic carbocycles. The molecule has 0 unspecified atom stereocenters. The molecule has 0 amide bonds. The van der Waals surface area contributed by atoms with Crippen LogP contribution in [0, 0.1) is 10.1 Å². The van der Waals surface area contributed by atoms with Gasteiger partial charge in [-0.05, 0) is 0 Å². The number of carbonyl (C=O) groups excluding carboxylic acids is 1. The summed E-state index contributed by atoms with van der Waals surface area (Å²) in [4.78, 5) is 27.6. The van der Waals surface area contributed by atoms with Crippen molar-refractivity contribution in [1.82, 2.24) is 9.97 Å². The molecular formula is C7H8N4O4. The largest absolute Gasteiger partial charge is 0.468 e. The molecule has 0 radical (unpaired) electrons. The van der Waals surface area contributed by atoms with Gasteiger partial charge in [-0.25, -0.2) is 9.97 Å². The Bertz CT molecular complexity index is 364. The van der Waals surface area contributed by atoms with Gasteiger partial charge in [-0.2, -0.15) is 0 Å². The van der Waals surface area contributed by atoms with E-state index in [1.807, 2.05) is 0 Å². The molecule has 0 aliphatic rings. The summed E-state index contributed by atoms with van der Waals surface area (Å²) >= 11 is 0. The van der Waals surface area contributed by atoms with Crippen LogP contribution in [0.5, 0.6) is 0 Å². The van der Waals surface area contributed by atoms with Gasteiger partial charge < -0.3 is 10.1 Å². The minimum absolute atomic E-state index is 0.0890. The number of ether oxygens (including phenoxy) is 1. The third kappa shape index (κ3) is 3.18. The maximum atomic E-state index is 10.7. The van der Waals surface area contributed by atoms with E-state index in [4.69, 9.17) is 0 Å². The minimum Gasteiger partial charge on any atom is -0.468 e. The van der Waals surface area contributed by atoms with E-state index >= 15 is 0 Å². The summed E-state index contributed by atoms with van der Waals surface area (Å²) in [6, 6.07) is 0. The molecule has 1 rings (SSSR count). The topological polar surface area (TPSA) is 107 Å². The van der Waals surface area contributed by atoms with Gasteiger partial charge in [-0.1, -0.05) is 0 Å². The van der Waals surface area contributed by atoms with Gasteiger partial charge in [-0.3, -0.25) is 14.9 Å². The molecule has 0 saturated heterocycles. The monoisotopic (exact) mass is 212 g/mol. The molecule has 0 bridgehead atoms. The first-order valence-corrected chi connectivity index (χ1v) is 3.90. The van der Waals surface area contributed by atoms with Gasteiger partial charge in [-0.15, -0.1) is 0 Å². The van der Waals surface area contributed by atoms with Crippen LogP contribution >= 0.6 is 0 Å². The second kappa shape index (κ2) is 4.84. The first-order chi connectivity index (χ1) is 7.13. The van der Waals surface area contributed by atoms with Gasteiger partial charge in [0.25, 0.3) is 0 Å². The molecule has 1 aromatic rings. The van der Waals surface area contributed by atoms with Gasteiger partial charge in [0, 0.05) is 0 Å². The standard InChI is InChI=1S/C7H8N4O4/c1-15-6(12)4-10-7-8-2-5(3-9-7)11(13)14/h2-3H,4H2,1H3,(H,8,9,10). The van der Waals surface area contributed by atoms with Crippen molar-refractivity contribution in [2.75, 3.05) is 19.0 Å². The molecule has 0 aliphatic heterocycles. The number of esters is 1. The number of anilines is 1. The van der Waals surface area contributed by atoms with Crippen LogP contribution in [0.1, 0.15) is 0 Å². The van der Waals surface area contributed by atoms with Crippen molar-refractivity contribution >= 4 is 17.6 Å². The zero-order valence-electron chi connectivity index (χ0n) is 7.84. The quantitative estimate of drug-likeness (QED) is 0.424. The fourth-order valence-electron chi connectivity index (χ4n) is 0.730. The van der Waals surface area contributed by atoms with Gasteiger partial charge in [0.15, 0.2) is 0 Å². The number of rotatable bonds is 4. The smallest absolute Gasteiger partial charge is 0.325 e. The molecular weight excluding hydrogens is 204 g/mol. The maximum Gasteiger partial charge on any atom is 0.325 e. The van der Waals surface area contributed by atoms with Crippen molar-refractivity contribution in [3.63, 3.8) is 0 Å². The molecule has 15 heavy (non-hydrogen) atoms. The van der Waals surface area contributed by atoms with Crippen LogP contribution in [0.15, 0.2) is 12.4 Å². The summed E-state index contributed by atoms with van der Waals surface area (Å²) in [5.41, 5.74) is -0.210. The lowest BCUT2D eigenvalue weighted by Crippen LogP contribution is -2.16. The average molecular weight is 212 g/mol. The molecule has 0 spiro atoms. The van der Waals surface area contributed by atoms with Crippen molar-refractivity contribution in [3.05, 3.63) is 22.5 Å². The lowest BCUT2D eigenvalue weighted by Gasteiger charge is -2.01. The van der Waals surface area contributed by atoms with Gasteiger partial charge in [0.1, 0.15) is 18.9 Å². The number of hydrogen-bond acceptors (Lipinski definition) is 7. The highest BCUT2D eigenvalue weighted by Gasteiger charge is 2.07. The number of nitrogens with one attached hydrogen (secondary N) is 1.